The molecule has 1 nitrogen and oxygen atoms in total. The quantitative estimate of drug-likeness (QED) is 0.736. The molecule has 0 heterocycles. The number of hydrogen-bond donors (Lipinski definition) is 1. The third-order valence-corrected chi connectivity index (χ3v) is 4.72. The standard InChI is InChI=1S/C18H22BrNS/c1-13-5-10-17(14(11-13)12-20-18(2,3)4)21-16-8-6-15(19)7-9-16/h5-11,20H,12H2,1-4H3. The van der Waals surface area contributed by atoms with Crippen LogP contribution in [-0.2, 0) is 6.54 Å². The van der Waals surface area contributed by atoms with Crippen LogP contribution in [0.3, 0.4) is 0 Å². The smallest absolute Gasteiger partial charge is 0.0221 e. The molecule has 0 radical (unpaired) electrons. The van der Waals surface area contributed by atoms with Gasteiger partial charge in [0, 0.05) is 26.3 Å². The SMILES string of the molecule is Cc1ccc(Sc2ccc(Br)cc2)c(CNC(C)(C)C)c1. The van der Waals surface area contributed by atoms with Crippen molar-refractivity contribution >= 4 is 27.7 Å². The molecule has 112 valence electrons. The van der Waals surface area contributed by atoms with Gasteiger partial charge in [-0.05, 0) is 63.6 Å². The molecule has 0 aromatic heterocycles. The molecule has 0 aliphatic carbocycles. The Labute approximate surface area is 140 Å². The van der Waals surface area contributed by atoms with Gasteiger partial charge in [0.2, 0.25) is 0 Å². The molecule has 0 atom stereocenters. The minimum atomic E-state index is 0.128. The van der Waals surface area contributed by atoms with Gasteiger partial charge < -0.3 is 5.32 Å². The van der Waals surface area contributed by atoms with Crippen molar-refractivity contribution in [2.75, 3.05) is 0 Å². The van der Waals surface area contributed by atoms with E-state index in [9.17, 15) is 0 Å². The second-order valence-electron chi connectivity index (χ2n) is 6.27. The molecule has 0 unspecified atom stereocenters. The van der Waals surface area contributed by atoms with E-state index in [0.717, 1.165) is 11.0 Å². The summed E-state index contributed by atoms with van der Waals surface area (Å²) in [5, 5.41) is 3.58. The number of rotatable bonds is 4. The van der Waals surface area contributed by atoms with Gasteiger partial charge in [-0.2, -0.15) is 0 Å². The molecular weight excluding hydrogens is 342 g/mol. The largest absolute Gasteiger partial charge is 0.308 e. The summed E-state index contributed by atoms with van der Waals surface area (Å²) in [6.45, 7) is 9.64. The summed E-state index contributed by atoms with van der Waals surface area (Å²) in [6, 6.07) is 15.2. The Hall–Kier alpha value is -0.770. The lowest BCUT2D eigenvalue weighted by Gasteiger charge is -2.22. The van der Waals surface area contributed by atoms with Crippen molar-refractivity contribution in [3.8, 4) is 0 Å². The summed E-state index contributed by atoms with van der Waals surface area (Å²) in [5.41, 5.74) is 2.79. The van der Waals surface area contributed by atoms with Crippen molar-refractivity contribution in [3.63, 3.8) is 0 Å². The first-order valence-corrected chi connectivity index (χ1v) is 8.72. The molecule has 0 aliphatic heterocycles. The first-order chi connectivity index (χ1) is 9.83. The van der Waals surface area contributed by atoms with E-state index in [0.29, 0.717) is 0 Å². The van der Waals surface area contributed by atoms with Gasteiger partial charge in [0.05, 0.1) is 0 Å². The second kappa shape index (κ2) is 6.99. The summed E-state index contributed by atoms with van der Waals surface area (Å²) >= 11 is 5.30. The molecule has 1 N–H and O–H groups in total. The molecule has 2 rings (SSSR count). The van der Waals surface area contributed by atoms with E-state index in [1.54, 1.807) is 0 Å². The molecule has 2 aromatic rings. The van der Waals surface area contributed by atoms with Gasteiger partial charge in [-0.1, -0.05) is 45.4 Å². The van der Waals surface area contributed by atoms with E-state index in [1.165, 1.54) is 20.9 Å². The molecule has 3 heteroatoms. The second-order valence-corrected chi connectivity index (χ2v) is 8.30. The Morgan fingerprint density at radius 2 is 1.71 bits per heavy atom. The maximum atomic E-state index is 3.58. The van der Waals surface area contributed by atoms with E-state index < -0.39 is 0 Å². The lowest BCUT2D eigenvalue weighted by Crippen LogP contribution is -2.35. The van der Waals surface area contributed by atoms with E-state index in [4.69, 9.17) is 0 Å². The molecule has 0 saturated heterocycles. The number of nitrogens with one attached hydrogen (secondary N) is 1. The van der Waals surface area contributed by atoms with Crippen molar-refractivity contribution in [3.05, 3.63) is 58.1 Å². The number of benzene rings is 2. The fraction of sp³-hybridized carbons (Fsp3) is 0.333. The summed E-state index contributed by atoms with van der Waals surface area (Å²) in [4.78, 5) is 2.58. The average molecular weight is 364 g/mol. The van der Waals surface area contributed by atoms with Crippen LogP contribution in [0.25, 0.3) is 0 Å². The van der Waals surface area contributed by atoms with Gasteiger partial charge >= 0.3 is 0 Å². The molecule has 0 spiro atoms. The van der Waals surface area contributed by atoms with Crippen LogP contribution >= 0.6 is 27.7 Å². The molecule has 0 saturated carbocycles. The lowest BCUT2D eigenvalue weighted by molar-refractivity contribution is 0.422. The Kier molecular flexibility index (Phi) is 5.53. The van der Waals surface area contributed by atoms with Crippen LogP contribution < -0.4 is 5.32 Å². The zero-order valence-electron chi connectivity index (χ0n) is 13.0. The third-order valence-electron chi connectivity index (χ3n) is 3.07. The highest BCUT2D eigenvalue weighted by atomic mass is 79.9. The van der Waals surface area contributed by atoms with Crippen molar-refractivity contribution in [1.82, 2.24) is 5.32 Å². The van der Waals surface area contributed by atoms with Crippen LogP contribution in [0.1, 0.15) is 31.9 Å². The Morgan fingerprint density at radius 1 is 1.05 bits per heavy atom. The van der Waals surface area contributed by atoms with Crippen LogP contribution in [0.5, 0.6) is 0 Å². The predicted molar refractivity (Wildman–Crippen MR) is 96.0 cm³/mol. The van der Waals surface area contributed by atoms with Gasteiger partial charge in [0.1, 0.15) is 0 Å². The Bertz CT molecular complexity index is 600. The first kappa shape index (κ1) is 16.6. The molecule has 0 aliphatic rings. The number of halogens is 1. The number of hydrogen-bond acceptors (Lipinski definition) is 2. The van der Waals surface area contributed by atoms with Crippen molar-refractivity contribution in [2.24, 2.45) is 0 Å². The molecule has 21 heavy (non-hydrogen) atoms. The average Bonchev–Trinajstić information content (AvgIpc) is 2.40. The highest BCUT2D eigenvalue weighted by Crippen LogP contribution is 2.32. The molecular formula is C18H22BrNS. The Morgan fingerprint density at radius 3 is 2.33 bits per heavy atom. The van der Waals surface area contributed by atoms with Crippen LogP contribution in [0.15, 0.2) is 56.7 Å². The van der Waals surface area contributed by atoms with E-state index >= 15 is 0 Å². The zero-order chi connectivity index (χ0) is 15.5. The number of aryl methyl sites for hydroxylation is 1. The summed E-state index contributed by atoms with van der Waals surface area (Å²) < 4.78 is 1.12. The predicted octanol–water partition coefficient (Wildman–Crippen LogP) is 5.80. The minimum absolute atomic E-state index is 0.128. The van der Waals surface area contributed by atoms with Crippen molar-refractivity contribution < 1.29 is 0 Å². The zero-order valence-corrected chi connectivity index (χ0v) is 15.4. The van der Waals surface area contributed by atoms with Crippen LogP contribution in [-0.4, -0.2) is 5.54 Å². The van der Waals surface area contributed by atoms with Gasteiger partial charge in [-0.25, -0.2) is 0 Å². The molecule has 2 aromatic carbocycles. The topological polar surface area (TPSA) is 12.0 Å². The molecule has 0 amide bonds. The fourth-order valence-electron chi connectivity index (χ4n) is 1.94. The van der Waals surface area contributed by atoms with Gasteiger partial charge in [0.25, 0.3) is 0 Å². The third kappa shape index (κ3) is 5.50. The van der Waals surface area contributed by atoms with Gasteiger partial charge in [0.15, 0.2) is 0 Å². The first-order valence-electron chi connectivity index (χ1n) is 7.11. The van der Waals surface area contributed by atoms with Gasteiger partial charge in [-0.3, -0.25) is 0 Å². The molecule has 0 bridgehead atoms. The van der Waals surface area contributed by atoms with Crippen LogP contribution in [0.2, 0.25) is 0 Å². The highest BCUT2D eigenvalue weighted by molar-refractivity contribution is 9.10. The highest BCUT2D eigenvalue weighted by Gasteiger charge is 2.11. The van der Waals surface area contributed by atoms with Crippen LogP contribution in [0, 0.1) is 6.92 Å². The summed E-state index contributed by atoms with van der Waals surface area (Å²) in [5.74, 6) is 0. The van der Waals surface area contributed by atoms with Crippen molar-refractivity contribution in [1.29, 1.82) is 0 Å². The normalized spacial score (nSPS) is 11.7. The van der Waals surface area contributed by atoms with Crippen molar-refractivity contribution in [2.45, 2.75) is 49.6 Å². The lowest BCUT2D eigenvalue weighted by atomic mass is 10.1. The summed E-state index contributed by atoms with van der Waals surface area (Å²) in [7, 11) is 0. The van der Waals surface area contributed by atoms with Gasteiger partial charge in [-0.15, -0.1) is 0 Å². The van der Waals surface area contributed by atoms with E-state index in [1.807, 2.05) is 11.8 Å². The molecule has 0 fully saturated rings. The monoisotopic (exact) mass is 363 g/mol. The van der Waals surface area contributed by atoms with Crippen LogP contribution in [0.4, 0.5) is 0 Å². The fourth-order valence-corrected chi connectivity index (χ4v) is 3.12. The van der Waals surface area contributed by atoms with E-state index in [2.05, 4.69) is 91.4 Å². The minimum Gasteiger partial charge on any atom is -0.308 e. The maximum Gasteiger partial charge on any atom is 0.0221 e. The summed E-state index contributed by atoms with van der Waals surface area (Å²) in [6.07, 6.45) is 0. The Balaban J connectivity index is 2.20. The maximum absolute atomic E-state index is 3.58. The van der Waals surface area contributed by atoms with E-state index in [-0.39, 0.29) is 5.54 Å².